The SMILES string of the molecule is COc1cc(OC)cc(C2CCN(C(=O)c3nn(-c4ccccc4)cc3O)C2)c1. The third kappa shape index (κ3) is 3.76. The van der Waals surface area contributed by atoms with Crippen molar-refractivity contribution >= 4 is 5.91 Å². The highest BCUT2D eigenvalue weighted by molar-refractivity contribution is 5.95. The van der Waals surface area contributed by atoms with Crippen LogP contribution in [0.15, 0.2) is 54.7 Å². The summed E-state index contributed by atoms with van der Waals surface area (Å²) >= 11 is 0. The summed E-state index contributed by atoms with van der Waals surface area (Å²) in [4.78, 5) is 14.7. The minimum atomic E-state index is -0.269. The molecule has 1 aromatic heterocycles. The molecule has 1 saturated heterocycles. The number of methoxy groups -OCH3 is 2. The monoisotopic (exact) mass is 393 g/mol. The van der Waals surface area contributed by atoms with E-state index in [1.165, 1.54) is 10.9 Å². The highest BCUT2D eigenvalue weighted by atomic mass is 16.5. The molecule has 0 bridgehead atoms. The van der Waals surface area contributed by atoms with E-state index in [9.17, 15) is 9.90 Å². The van der Waals surface area contributed by atoms with Gasteiger partial charge in [0.25, 0.3) is 5.91 Å². The summed E-state index contributed by atoms with van der Waals surface area (Å²) < 4.78 is 12.2. The Bertz CT molecular complexity index is 994. The highest BCUT2D eigenvalue weighted by Crippen LogP contribution is 2.34. The lowest BCUT2D eigenvalue weighted by molar-refractivity contribution is 0.0781. The summed E-state index contributed by atoms with van der Waals surface area (Å²) in [6, 6.07) is 15.2. The molecule has 150 valence electrons. The molecule has 1 unspecified atom stereocenters. The number of nitrogens with zero attached hydrogens (tertiary/aromatic N) is 3. The first kappa shape index (κ1) is 18.9. The molecular formula is C22H23N3O4. The van der Waals surface area contributed by atoms with E-state index in [1.54, 1.807) is 19.1 Å². The highest BCUT2D eigenvalue weighted by Gasteiger charge is 2.31. The van der Waals surface area contributed by atoms with E-state index in [0.29, 0.717) is 13.1 Å². The molecule has 4 rings (SSSR count). The van der Waals surface area contributed by atoms with Gasteiger partial charge in [-0.3, -0.25) is 4.79 Å². The summed E-state index contributed by atoms with van der Waals surface area (Å²) in [5.74, 6) is 1.23. The van der Waals surface area contributed by atoms with Gasteiger partial charge in [0.15, 0.2) is 11.4 Å². The quantitative estimate of drug-likeness (QED) is 0.720. The maximum Gasteiger partial charge on any atom is 0.278 e. The zero-order valence-electron chi connectivity index (χ0n) is 16.4. The van der Waals surface area contributed by atoms with Gasteiger partial charge in [0, 0.05) is 25.1 Å². The van der Waals surface area contributed by atoms with Crippen molar-refractivity contribution in [1.29, 1.82) is 0 Å². The van der Waals surface area contributed by atoms with Crippen LogP contribution in [0.5, 0.6) is 17.2 Å². The van der Waals surface area contributed by atoms with Gasteiger partial charge in [-0.1, -0.05) is 18.2 Å². The first-order valence-corrected chi connectivity index (χ1v) is 9.45. The minimum absolute atomic E-state index is 0.0673. The molecule has 29 heavy (non-hydrogen) atoms. The fourth-order valence-corrected chi connectivity index (χ4v) is 3.66. The lowest BCUT2D eigenvalue weighted by atomic mass is 9.98. The predicted octanol–water partition coefficient (Wildman–Crippen LogP) is 3.22. The zero-order valence-corrected chi connectivity index (χ0v) is 16.4. The van der Waals surface area contributed by atoms with Crippen LogP contribution in [-0.2, 0) is 0 Å². The number of carbonyl (C=O) groups is 1. The third-order valence-corrected chi connectivity index (χ3v) is 5.24. The average molecular weight is 393 g/mol. The van der Waals surface area contributed by atoms with Gasteiger partial charge in [-0.05, 0) is 36.2 Å². The van der Waals surface area contributed by atoms with Gasteiger partial charge in [0.1, 0.15) is 11.5 Å². The summed E-state index contributed by atoms with van der Waals surface area (Å²) in [6.07, 6.45) is 2.28. The van der Waals surface area contributed by atoms with Crippen molar-refractivity contribution in [2.24, 2.45) is 0 Å². The van der Waals surface area contributed by atoms with Crippen molar-refractivity contribution in [3.8, 4) is 22.9 Å². The van der Waals surface area contributed by atoms with E-state index in [4.69, 9.17) is 9.47 Å². The van der Waals surface area contributed by atoms with Crippen molar-refractivity contribution in [2.45, 2.75) is 12.3 Å². The number of aromatic nitrogens is 2. The second-order valence-electron chi connectivity index (χ2n) is 7.03. The van der Waals surface area contributed by atoms with Crippen molar-refractivity contribution < 1.29 is 19.4 Å². The fourth-order valence-electron chi connectivity index (χ4n) is 3.66. The molecule has 3 aromatic rings. The van der Waals surface area contributed by atoms with Crippen molar-refractivity contribution in [3.05, 3.63) is 66.0 Å². The number of aromatic hydroxyl groups is 1. The van der Waals surface area contributed by atoms with E-state index in [-0.39, 0.29) is 23.3 Å². The van der Waals surface area contributed by atoms with Crippen LogP contribution in [0.4, 0.5) is 0 Å². The number of rotatable bonds is 5. The molecule has 7 heteroatoms. The maximum absolute atomic E-state index is 13.0. The largest absolute Gasteiger partial charge is 0.504 e. The molecule has 2 heterocycles. The predicted molar refractivity (Wildman–Crippen MR) is 108 cm³/mol. The molecule has 0 radical (unpaired) electrons. The number of amides is 1. The molecule has 1 fully saturated rings. The summed E-state index contributed by atoms with van der Waals surface area (Å²) in [5, 5.41) is 14.6. The number of para-hydroxylation sites is 1. The first-order chi connectivity index (χ1) is 14.1. The Balaban J connectivity index is 1.53. The molecule has 0 aliphatic carbocycles. The molecule has 1 aliphatic rings. The Labute approximate surface area is 169 Å². The van der Waals surface area contributed by atoms with Gasteiger partial charge in [-0.25, -0.2) is 4.68 Å². The lowest BCUT2D eigenvalue weighted by Gasteiger charge is -2.16. The van der Waals surface area contributed by atoms with E-state index in [0.717, 1.165) is 29.2 Å². The van der Waals surface area contributed by atoms with Crippen molar-refractivity contribution in [1.82, 2.24) is 14.7 Å². The third-order valence-electron chi connectivity index (χ3n) is 5.24. The van der Waals surface area contributed by atoms with Crippen LogP contribution in [0.2, 0.25) is 0 Å². The van der Waals surface area contributed by atoms with Crippen LogP contribution in [0.3, 0.4) is 0 Å². The molecule has 1 aliphatic heterocycles. The Morgan fingerprint density at radius 1 is 1.10 bits per heavy atom. The number of ether oxygens (including phenoxy) is 2. The van der Waals surface area contributed by atoms with Crippen molar-refractivity contribution in [3.63, 3.8) is 0 Å². The number of carbonyl (C=O) groups excluding carboxylic acids is 1. The first-order valence-electron chi connectivity index (χ1n) is 9.45. The number of hydrogen-bond donors (Lipinski definition) is 1. The van der Waals surface area contributed by atoms with Crippen LogP contribution in [0.1, 0.15) is 28.4 Å². The van der Waals surface area contributed by atoms with Gasteiger partial charge in [-0.2, -0.15) is 5.10 Å². The topological polar surface area (TPSA) is 76.8 Å². The molecule has 1 atom stereocenters. The zero-order chi connectivity index (χ0) is 20.4. The van der Waals surface area contributed by atoms with Gasteiger partial charge < -0.3 is 19.5 Å². The summed E-state index contributed by atoms with van der Waals surface area (Å²) in [7, 11) is 3.24. The number of likely N-dealkylation sites (tertiary alicyclic amines) is 1. The Kier molecular flexibility index (Phi) is 5.12. The second-order valence-corrected chi connectivity index (χ2v) is 7.03. The van der Waals surface area contributed by atoms with Crippen molar-refractivity contribution in [2.75, 3.05) is 27.3 Å². The number of hydrogen-bond acceptors (Lipinski definition) is 5. The molecule has 7 nitrogen and oxygen atoms in total. The second kappa shape index (κ2) is 7.87. The fraction of sp³-hybridized carbons (Fsp3) is 0.273. The normalized spacial score (nSPS) is 16.1. The van der Waals surface area contributed by atoms with Crippen LogP contribution < -0.4 is 9.47 Å². The molecular weight excluding hydrogens is 370 g/mol. The lowest BCUT2D eigenvalue weighted by Crippen LogP contribution is -2.29. The smallest absolute Gasteiger partial charge is 0.278 e. The Morgan fingerprint density at radius 2 is 1.79 bits per heavy atom. The molecule has 1 amide bonds. The molecule has 0 saturated carbocycles. The Hall–Kier alpha value is -3.48. The van der Waals surface area contributed by atoms with E-state index in [2.05, 4.69) is 5.10 Å². The van der Waals surface area contributed by atoms with Gasteiger partial charge in [-0.15, -0.1) is 0 Å². The van der Waals surface area contributed by atoms with Gasteiger partial charge >= 0.3 is 0 Å². The molecule has 0 spiro atoms. The minimum Gasteiger partial charge on any atom is -0.504 e. The average Bonchev–Trinajstić information content (AvgIpc) is 3.41. The molecule has 2 aromatic carbocycles. The van der Waals surface area contributed by atoms with Crippen LogP contribution in [0.25, 0.3) is 5.69 Å². The summed E-state index contributed by atoms with van der Waals surface area (Å²) in [6.45, 7) is 1.15. The van der Waals surface area contributed by atoms with Crippen LogP contribution >= 0.6 is 0 Å². The molecule has 1 N–H and O–H groups in total. The van der Waals surface area contributed by atoms with Crippen LogP contribution in [0, 0.1) is 0 Å². The van der Waals surface area contributed by atoms with E-state index < -0.39 is 0 Å². The van der Waals surface area contributed by atoms with Crippen LogP contribution in [-0.4, -0.2) is 53.0 Å². The maximum atomic E-state index is 13.0. The van der Waals surface area contributed by atoms with E-state index >= 15 is 0 Å². The van der Waals surface area contributed by atoms with Gasteiger partial charge in [0.05, 0.1) is 26.1 Å². The van der Waals surface area contributed by atoms with E-state index in [1.807, 2.05) is 48.5 Å². The Morgan fingerprint density at radius 3 is 2.45 bits per heavy atom. The van der Waals surface area contributed by atoms with Gasteiger partial charge in [0.2, 0.25) is 0 Å². The summed E-state index contributed by atoms with van der Waals surface area (Å²) in [5.41, 5.74) is 1.91. The number of benzene rings is 2. The standard InChI is InChI=1S/C22H23N3O4/c1-28-18-10-16(11-19(12-18)29-2)15-8-9-24(13-15)22(27)21-20(26)14-25(23-21)17-6-4-3-5-7-17/h3-7,10-12,14-15,26H,8-9,13H2,1-2H3.